The summed E-state index contributed by atoms with van der Waals surface area (Å²) in [6, 6.07) is 8.00. The summed E-state index contributed by atoms with van der Waals surface area (Å²) in [5.74, 6) is -0.444. The van der Waals surface area contributed by atoms with Gasteiger partial charge < -0.3 is 9.67 Å². The molecule has 3 heterocycles. The highest BCUT2D eigenvalue weighted by molar-refractivity contribution is 6.33. The molecule has 2 amide bonds. The second-order valence-corrected chi connectivity index (χ2v) is 9.19. The molecule has 0 bridgehead atoms. The first kappa shape index (κ1) is 19.5. The number of allylic oxidation sites excluding steroid dienone is 6. The first-order valence-corrected chi connectivity index (χ1v) is 11.5. The summed E-state index contributed by atoms with van der Waals surface area (Å²) in [6.45, 7) is 0.849. The predicted octanol–water partition coefficient (Wildman–Crippen LogP) is 4.07. The highest BCUT2D eigenvalue weighted by Crippen LogP contribution is 2.46. The Kier molecular flexibility index (Phi) is 4.54. The van der Waals surface area contributed by atoms with Gasteiger partial charge in [-0.2, -0.15) is 0 Å². The number of imide groups is 1. The lowest BCUT2D eigenvalue weighted by molar-refractivity contribution is -0.120. The fourth-order valence-corrected chi connectivity index (χ4v) is 6.17. The van der Waals surface area contributed by atoms with Crippen molar-refractivity contribution in [2.45, 2.75) is 32.2 Å². The second kappa shape index (κ2) is 7.45. The average molecular weight is 427 g/mol. The van der Waals surface area contributed by atoms with E-state index in [1.54, 1.807) is 6.08 Å². The highest BCUT2D eigenvalue weighted by Gasteiger charge is 2.44. The third-order valence-corrected chi connectivity index (χ3v) is 7.57. The molecule has 1 aromatic heterocycles. The second-order valence-electron chi connectivity index (χ2n) is 9.19. The molecule has 5 nitrogen and oxygen atoms in total. The third kappa shape index (κ3) is 2.74. The van der Waals surface area contributed by atoms with Gasteiger partial charge in [-0.3, -0.25) is 9.59 Å². The van der Waals surface area contributed by atoms with Gasteiger partial charge in [0.2, 0.25) is 0 Å². The average Bonchev–Trinajstić information content (AvgIpc) is 3.31. The van der Waals surface area contributed by atoms with Crippen LogP contribution >= 0.6 is 0 Å². The Morgan fingerprint density at radius 3 is 2.88 bits per heavy atom. The molecule has 0 radical (unpaired) electrons. The van der Waals surface area contributed by atoms with Crippen LogP contribution < -0.4 is 4.90 Å². The zero-order valence-electron chi connectivity index (χ0n) is 17.9. The Morgan fingerprint density at radius 1 is 1.12 bits per heavy atom. The van der Waals surface area contributed by atoms with Crippen LogP contribution in [0.25, 0.3) is 10.9 Å². The number of amides is 2. The third-order valence-electron chi connectivity index (χ3n) is 7.57. The zero-order valence-corrected chi connectivity index (χ0v) is 17.9. The van der Waals surface area contributed by atoms with Crippen molar-refractivity contribution in [3.63, 3.8) is 0 Å². The van der Waals surface area contributed by atoms with Crippen molar-refractivity contribution in [1.29, 1.82) is 0 Å². The molecule has 2 aromatic rings. The monoisotopic (exact) mass is 426 g/mol. The molecular weight excluding hydrogens is 400 g/mol. The van der Waals surface area contributed by atoms with E-state index in [0.29, 0.717) is 12.0 Å². The van der Waals surface area contributed by atoms with E-state index in [1.165, 1.54) is 10.5 Å². The fraction of sp³-hybridized carbons (Fsp3) is 0.333. The number of rotatable bonds is 3. The van der Waals surface area contributed by atoms with E-state index >= 15 is 0 Å². The zero-order chi connectivity index (χ0) is 21.8. The van der Waals surface area contributed by atoms with Crippen molar-refractivity contribution in [1.82, 2.24) is 4.57 Å². The Bertz CT molecular complexity index is 1260. The number of carbonyl (C=O) groups excluding carboxylic acids is 2. The molecular formula is C27H26N2O3. The number of fused-ring (bicyclic) bond motifs is 4. The van der Waals surface area contributed by atoms with E-state index in [2.05, 4.69) is 28.9 Å². The number of hydrogen-bond donors (Lipinski definition) is 1. The molecule has 1 aromatic carbocycles. The van der Waals surface area contributed by atoms with Crippen molar-refractivity contribution >= 4 is 28.4 Å². The van der Waals surface area contributed by atoms with Crippen LogP contribution in [-0.2, 0) is 22.6 Å². The summed E-state index contributed by atoms with van der Waals surface area (Å²) < 4.78 is 2.20. The number of carbonyl (C=O) groups is 2. The molecule has 1 fully saturated rings. The molecule has 32 heavy (non-hydrogen) atoms. The van der Waals surface area contributed by atoms with E-state index < -0.39 is 0 Å². The summed E-state index contributed by atoms with van der Waals surface area (Å²) in [7, 11) is 0. The molecule has 1 saturated carbocycles. The van der Waals surface area contributed by atoms with E-state index in [1.807, 2.05) is 30.4 Å². The molecule has 6 rings (SSSR count). The van der Waals surface area contributed by atoms with Gasteiger partial charge in [0.05, 0.1) is 11.2 Å². The Morgan fingerprint density at radius 2 is 2.00 bits per heavy atom. The summed E-state index contributed by atoms with van der Waals surface area (Å²) in [5.41, 5.74) is 4.63. The van der Waals surface area contributed by atoms with Crippen molar-refractivity contribution in [3.8, 4) is 0 Å². The first-order valence-electron chi connectivity index (χ1n) is 11.5. The molecule has 1 N–H and O–H groups in total. The van der Waals surface area contributed by atoms with E-state index in [0.717, 1.165) is 48.1 Å². The largest absolute Gasteiger partial charge is 0.396 e. The number of aromatic nitrogens is 1. The Hall–Kier alpha value is -3.18. The number of aliphatic hydroxyl groups is 1. The van der Waals surface area contributed by atoms with E-state index in [9.17, 15) is 14.7 Å². The van der Waals surface area contributed by atoms with Gasteiger partial charge in [-0.25, -0.2) is 4.90 Å². The van der Waals surface area contributed by atoms with Crippen molar-refractivity contribution in [2.24, 2.45) is 17.8 Å². The maximum absolute atomic E-state index is 13.8. The summed E-state index contributed by atoms with van der Waals surface area (Å²) in [5, 5.41) is 11.0. The van der Waals surface area contributed by atoms with Gasteiger partial charge in [0, 0.05) is 48.2 Å². The Labute approximate surface area is 187 Å². The molecule has 0 saturated heterocycles. The molecule has 4 aliphatic rings. The number of hydrogen-bond acceptors (Lipinski definition) is 3. The van der Waals surface area contributed by atoms with Crippen LogP contribution in [0.3, 0.4) is 0 Å². The van der Waals surface area contributed by atoms with Crippen molar-refractivity contribution < 1.29 is 14.7 Å². The minimum absolute atomic E-state index is 0.0873. The normalized spacial score (nSPS) is 26.9. The molecule has 5 heteroatoms. The molecule has 2 aliphatic heterocycles. The molecule has 3 unspecified atom stereocenters. The van der Waals surface area contributed by atoms with Gasteiger partial charge in [0.1, 0.15) is 0 Å². The number of benzene rings is 1. The minimum atomic E-state index is -0.264. The molecule has 0 spiro atoms. The molecule has 3 atom stereocenters. The minimum Gasteiger partial charge on any atom is -0.396 e. The van der Waals surface area contributed by atoms with E-state index in [4.69, 9.17) is 0 Å². The van der Waals surface area contributed by atoms with Crippen LogP contribution in [0, 0.1) is 17.8 Å². The van der Waals surface area contributed by atoms with Gasteiger partial charge >= 0.3 is 0 Å². The summed E-state index contributed by atoms with van der Waals surface area (Å²) in [6.07, 6.45) is 15.6. The van der Waals surface area contributed by atoms with Gasteiger partial charge in [0.25, 0.3) is 11.8 Å². The van der Waals surface area contributed by atoms with Crippen LogP contribution in [0.15, 0.2) is 71.9 Å². The number of para-hydroxylation sites is 1. The maximum atomic E-state index is 13.8. The smallest absolute Gasteiger partial charge is 0.262 e. The van der Waals surface area contributed by atoms with Crippen LogP contribution in [-0.4, -0.2) is 28.1 Å². The number of aliphatic hydroxyl groups excluding tert-OH is 1. The van der Waals surface area contributed by atoms with Crippen molar-refractivity contribution in [3.05, 3.63) is 77.6 Å². The lowest BCUT2D eigenvalue weighted by atomic mass is 9.66. The van der Waals surface area contributed by atoms with Crippen molar-refractivity contribution in [2.75, 3.05) is 11.5 Å². The topological polar surface area (TPSA) is 62.5 Å². The summed E-state index contributed by atoms with van der Waals surface area (Å²) >= 11 is 0. The predicted molar refractivity (Wildman–Crippen MR) is 124 cm³/mol. The fourth-order valence-electron chi connectivity index (χ4n) is 6.17. The SMILES string of the molecule is O=C1C=C(C2C=CC=C3CCCC(CO)C32)C(=O)N1c1c2n(c3ccccc13)CC=CC2. The maximum Gasteiger partial charge on any atom is 0.262 e. The van der Waals surface area contributed by atoms with Gasteiger partial charge in [-0.05, 0) is 37.2 Å². The number of anilines is 1. The van der Waals surface area contributed by atoms with Crippen LogP contribution in [0.1, 0.15) is 25.0 Å². The van der Waals surface area contributed by atoms with Gasteiger partial charge in [-0.1, -0.05) is 54.2 Å². The van der Waals surface area contributed by atoms with E-state index in [-0.39, 0.29) is 36.2 Å². The lowest BCUT2D eigenvalue weighted by Crippen LogP contribution is -2.37. The molecule has 2 aliphatic carbocycles. The summed E-state index contributed by atoms with van der Waals surface area (Å²) in [4.78, 5) is 28.5. The van der Waals surface area contributed by atoms with Crippen LogP contribution in [0.5, 0.6) is 0 Å². The van der Waals surface area contributed by atoms with Gasteiger partial charge in [-0.15, -0.1) is 0 Å². The standard InChI is InChI=1S/C27H26N2O3/c30-16-18-9-5-7-17-8-6-11-19(25(17)18)21-15-24(31)29(27(21)32)26-20-10-1-2-12-22(20)28-14-4-3-13-23(26)28/h1-4,6,8,10-12,15,18-19,25,30H,5,7,9,13-14,16H2. The lowest BCUT2D eigenvalue weighted by Gasteiger charge is -2.39. The quantitative estimate of drug-likeness (QED) is 0.594. The van der Waals surface area contributed by atoms with Crippen LogP contribution in [0.2, 0.25) is 0 Å². The molecule has 162 valence electrons. The first-order chi connectivity index (χ1) is 15.7. The Balaban J connectivity index is 1.42. The van der Waals surface area contributed by atoms with Crippen LogP contribution in [0.4, 0.5) is 5.69 Å². The number of nitrogens with zero attached hydrogens (tertiary/aromatic N) is 2. The van der Waals surface area contributed by atoms with Gasteiger partial charge in [0.15, 0.2) is 0 Å². The highest BCUT2D eigenvalue weighted by atomic mass is 16.3.